The predicted octanol–water partition coefficient (Wildman–Crippen LogP) is 3.95. The quantitative estimate of drug-likeness (QED) is 0.248. The number of carbonyl (C=O) groups is 2. The van der Waals surface area contributed by atoms with Gasteiger partial charge in [0.05, 0.1) is 17.7 Å². The number of hydrazine groups is 1. The largest absolute Gasteiger partial charge is 0.493 e. The molecule has 1 aliphatic rings. The summed E-state index contributed by atoms with van der Waals surface area (Å²) >= 11 is 0. The molecule has 0 aromatic heterocycles. The number of anilines is 1. The van der Waals surface area contributed by atoms with E-state index < -0.39 is 16.7 Å². The minimum atomic E-state index is -0.616. The van der Waals surface area contributed by atoms with Crippen LogP contribution in [0.4, 0.5) is 11.4 Å². The molecule has 0 spiro atoms. The van der Waals surface area contributed by atoms with Gasteiger partial charge in [-0.05, 0) is 42.3 Å². The normalized spacial score (nSPS) is 14.3. The fraction of sp³-hybridized carbons (Fsp3) is 0.120. The van der Waals surface area contributed by atoms with Gasteiger partial charge in [-0.15, -0.1) is 0 Å². The van der Waals surface area contributed by atoms with Crippen LogP contribution >= 0.6 is 0 Å². The highest BCUT2D eigenvalue weighted by molar-refractivity contribution is 6.31. The van der Waals surface area contributed by atoms with Gasteiger partial charge in [0.1, 0.15) is 12.2 Å². The van der Waals surface area contributed by atoms with Crippen molar-refractivity contribution in [1.82, 2.24) is 5.43 Å². The number of amides is 2. The molecule has 0 atom stereocenters. The molecule has 34 heavy (non-hydrogen) atoms. The number of carbonyl (C=O) groups excluding carboxylic acids is 2. The number of hydrogen-bond donors (Lipinski definition) is 1. The Bertz CT molecular complexity index is 1290. The number of hydrogen-bond acceptors (Lipinski definition) is 6. The van der Waals surface area contributed by atoms with E-state index in [1.54, 1.807) is 30.3 Å². The van der Waals surface area contributed by atoms with E-state index in [1.807, 2.05) is 31.2 Å². The van der Waals surface area contributed by atoms with E-state index in [0.29, 0.717) is 5.69 Å². The number of benzene rings is 3. The van der Waals surface area contributed by atoms with Crippen LogP contribution in [0.2, 0.25) is 0 Å². The molecular formula is C25H21N3O6. The van der Waals surface area contributed by atoms with Crippen LogP contribution in [0.15, 0.2) is 72.3 Å². The molecule has 1 saturated heterocycles. The van der Waals surface area contributed by atoms with Crippen molar-refractivity contribution < 1.29 is 24.0 Å². The summed E-state index contributed by atoms with van der Waals surface area (Å²) in [5.74, 6) is -1.12. The van der Waals surface area contributed by atoms with Crippen molar-refractivity contribution in [2.24, 2.45) is 0 Å². The van der Waals surface area contributed by atoms with E-state index >= 15 is 0 Å². The lowest BCUT2D eigenvalue weighted by Crippen LogP contribution is -2.35. The fourth-order valence-electron chi connectivity index (χ4n) is 3.45. The standard InChI is InChI=1S/C25H21N3O6/c1-16-8-10-17(11-9-16)15-34-23-21(28(31)32)13-18(14-22(23)33-2)12-20-24(29)26-27(25(20)30)19-6-4-3-5-7-19/h3-14H,15H2,1-2H3,(H,26,29)/b20-12-. The Kier molecular flexibility index (Phi) is 6.26. The van der Waals surface area contributed by atoms with Gasteiger partial charge in [0.25, 0.3) is 11.8 Å². The first-order valence-electron chi connectivity index (χ1n) is 10.3. The molecule has 3 aromatic carbocycles. The van der Waals surface area contributed by atoms with Gasteiger partial charge in [0.15, 0.2) is 5.75 Å². The van der Waals surface area contributed by atoms with E-state index in [0.717, 1.165) is 16.1 Å². The second kappa shape index (κ2) is 9.45. The maximum absolute atomic E-state index is 12.8. The number of nitro groups is 1. The molecule has 0 aliphatic carbocycles. The third-order valence-electron chi connectivity index (χ3n) is 5.19. The molecule has 2 amide bonds. The molecule has 1 N–H and O–H groups in total. The summed E-state index contributed by atoms with van der Waals surface area (Å²) in [5.41, 5.74) is 4.66. The van der Waals surface area contributed by atoms with Crippen LogP contribution < -0.4 is 19.9 Å². The second-order valence-electron chi connectivity index (χ2n) is 7.58. The van der Waals surface area contributed by atoms with Gasteiger partial charge in [-0.25, -0.2) is 5.01 Å². The average molecular weight is 459 g/mol. The molecule has 1 fully saturated rings. The zero-order valence-electron chi connectivity index (χ0n) is 18.5. The number of ether oxygens (including phenoxy) is 2. The molecule has 0 unspecified atom stereocenters. The smallest absolute Gasteiger partial charge is 0.315 e. The first-order chi connectivity index (χ1) is 16.4. The van der Waals surface area contributed by atoms with Gasteiger partial charge in [-0.3, -0.25) is 25.1 Å². The van der Waals surface area contributed by atoms with Gasteiger partial charge in [0.2, 0.25) is 5.75 Å². The molecule has 172 valence electrons. The third-order valence-corrected chi connectivity index (χ3v) is 5.19. The molecule has 9 nitrogen and oxygen atoms in total. The van der Waals surface area contributed by atoms with Crippen LogP contribution in [0.1, 0.15) is 16.7 Å². The summed E-state index contributed by atoms with van der Waals surface area (Å²) < 4.78 is 11.1. The number of aryl methyl sites for hydroxylation is 1. The van der Waals surface area contributed by atoms with Crippen molar-refractivity contribution >= 4 is 29.3 Å². The van der Waals surface area contributed by atoms with Gasteiger partial charge in [-0.1, -0.05) is 48.0 Å². The van der Waals surface area contributed by atoms with E-state index in [4.69, 9.17) is 9.47 Å². The zero-order valence-corrected chi connectivity index (χ0v) is 18.5. The Morgan fingerprint density at radius 2 is 1.76 bits per heavy atom. The molecule has 3 aromatic rings. The van der Waals surface area contributed by atoms with Gasteiger partial charge in [0, 0.05) is 6.07 Å². The van der Waals surface area contributed by atoms with Crippen LogP contribution in [-0.2, 0) is 16.2 Å². The minimum absolute atomic E-state index is 0.0386. The third kappa shape index (κ3) is 4.58. The van der Waals surface area contributed by atoms with Crippen LogP contribution in [0.3, 0.4) is 0 Å². The summed E-state index contributed by atoms with van der Waals surface area (Å²) in [6, 6.07) is 18.9. The highest BCUT2D eigenvalue weighted by atomic mass is 16.6. The Morgan fingerprint density at radius 3 is 2.41 bits per heavy atom. The van der Waals surface area contributed by atoms with Gasteiger partial charge >= 0.3 is 5.69 Å². The lowest BCUT2D eigenvalue weighted by Gasteiger charge is -2.14. The van der Waals surface area contributed by atoms with Crippen molar-refractivity contribution in [3.8, 4) is 11.5 Å². The number of nitrogens with zero attached hydrogens (tertiary/aromatic N) is 2. The topological polar surface area (TPSA) is 111 Å². The van der Waals surface area contributed by atoms with Crippen LogP contribution in [-0.4, -0.2) is 23.8 Å². The van der Waals surface area contributed by atoms with Crippen LogP contribution in [0.25, 0.3) is 6.08 Å². The molecule has 0 bridgehead atoms. The first-order valence-corrected chi connectivity index (χ1v) is 10.3. The number of rotatable bonds is 7. The molecule has 1 heterocycles. The van der Waals surface area contributed by atoms with E-state index in [1.165, 1.54) is 25.3 Å². The number of nitrogens with one attached hydrogen (secondary N) is 1. The first kappa shape index (κ1) is 22.5. The molecular weight excluding hydrogens is 438 g/mol. The SMILES string of the molecule is COc1cc(/C=C2/C(=O)NN(c3ccccc3)C2=O)cc([N+](=O)[O-])c1OCc1ccc(C)cc1. The van der Waals surface area contributed by atoms with Crippen molar-refractivity contribution in [1.29, 1.82) is 0 Å². The monoisotopic (exact) mass is 459 g/mol. The van der Waals surface area contributed by atoms with Crippen LogP contribution in [0.5, 0.6) is 11.5 Å². The highest BCUT2D eigenvalue weighted by Crippen LogP contribution is 2.39. The summed E-state index contributed by atoms with van der Waals surface area (Å²) in [4.78, 5) is 36.5. The van der Waals surface area contributed by atoms with Gasteiger partial charge < -0.3 is 9.47 Å². The Hall–Kier alpha value is -4.66. The van der Waals surface area contributed by atoms with E-state index in [2.05, 4.69) is 5.43 Å². The zero-order chi connectivity index (χ0) is 24.2. The fourth-order valence-corrected chi connectivity index (χ4v) is 3.45. The van der Waals surface area contributed by atoms with E-state index in [-0.39, 0.29) is 34.9 Å². The van der Waals surface area contributed by atoms with Crippen LogP contribution in [0, 0.1) is 17.0 Å². The Morgan fingerprint density at radius 1 is 1.06 bits per heavy atom. The molecule has 1 aliphatic heterocycles. The number of para-hydroxylation sites is 1. The van der Waals surface area contributed by atoms with Crippen molar-refractivity contribution in [2.45, 2.75) is 13.5 Å². The number of nitro benzene ring substituents is 1. The maximum atomic E-state index is 12.8. The highest BCUT2D eigenvalue weighted by Gasteiger charge is 2.34. The average Bonchev–Trinajstić information content (AvgIpc) is 3.12. The molecule has 0 saturated carbocycles. The second-order valence-corrected chi connectivity index (χ2v) is 7.58. The summed E-state index contributed by atoms with van der Waals surface area (Å²) in [6.07, 6.45) is 1.29. The van der Waals surface area contributed by atoms with Crippen molar-refractivity contribution in [3.63, 3.8) is 0 Å². The Balaban J connectivity index is 1.66. The predicted molar refractivity (Wildman–Crippen MR) is 125 cm³/mol. The van der Waals surface area contributed by atoms with E-state index in [9.17, 15) is 19.7 Å². The molecule has 4 rings (SSSR count). The maximum Gasteiger partial charge on any atom is 0.315 e. The Labute approximate surface area is 195 Å². The summed E-state index contributed by atoms with van der Waals surface area (Å²) in [7, 11) is 1.36. The number of methoxy groups -OCH3 is 1. The van der Waals surface area contributed by atoms with Crippen molar-refractivity contribution in [2.75, 3.05) is 12.1 Å². The lowest BCUT2D eigenvalue weighted by molar-refractivity contribution is -0.386. The van der Waals surface area contributed by atoms with Crippen molar-refractivity contribution in [3.05, 3.63) is 99.1 Å². The van der Waals surface area contributed by atoms with Gasteiger partial charge in [-0.2, -0.15) is 0 Å². The molecule has 0 radical (unpaired) electrons. The molecule has 9 heteroatoms. The summed E-state index contributed by atoms with van der Waals surface area (Å²) in [5, 5.41) is 12.9. The minimum Gasteiger partial charge on any atom is -0.493 e. The summed E-state index contributed by atoms with van der Waals surface area (Å²) in [6.45, 7) is 2.06. The lowest BCUT2D eigenvalue weighted by atomic mass is 10.1.